The lowest BCUT2D eigenvalue weighted by molar-refractivity contribution is -0.117. The summed E-state index contributed by atoms with van der Waals surface area (Å²) < 4.78 is 45.9. The molecule has 2 aromatic carbocycles. The number of amides is 1. The van der Waals surface area contributed by atoms with Gasteiger partial charge in [0.25, 0.3) is 0 Å². The maximum Gasteiger partial charge on any atom is 0.243 e. The molecule has 0 saturated carbocycles. The monoisotopic (exact) mass is 420 g/mol. The van der Waals surface area contributed by atoms with E-state index in [1.165, 1.54) is 23.5 Å². The fourth-order valence-electron chi connectivity index (χ4n) is 3.57. The van der Waals surface area contributed by atoms with Gasteiger partial charge in [0.2, 0.25) is 15.9 Å². The van der Waals surface area contributed by atoms with Gasteiger partial charge in [0.1, 0.15) is 11.6 Å². The number of hydrogen-bond donors (Lipinski definition) is 1. The number of benzene rings is 2. The van der Waals surface area contributed by atoms with Gasteiger partial charge in [0.15, 0.2) is 0 Å². The Kier molecular flexibility index (Phi) is 6.54. The first kappa shape index (κ1) is 21.3. The molecule has 1 atom stereocenters. The smallest absolute Gasteiger partial charge is 0.243 e. The highest BCUT2D eigenvalue weighted by Crippen LogP contribution is 2.29. The lowest BCUT2D eigenvalue weighted by atomic mass is 10.0. The highest BCUT2D eigenvalue weighted by Gasteiger charge is 2.34. The third-order valence-corrected chi connectivity index (χ3v) is 7.01. The molecule has 3 rings (SSSR count). The van der Waals surface area contributed by atoms with Crippen molar-refractivity contribution in [3.63, 3.8) is 0 Å². The predicted octanol–water partition coefficient (Wildman–Crippen LogP) is 3.71. The van der Waals surface area contributed by atoms with E-state index in [-0.39, 0.29) is 17.2 Å². The highest BCUT2D eigenvalue weighted by molar-refractivity contribution is 7.89. The summed E-state index contributed by atoms with van der Waals surface area (Å²) in [6.45, 7) is 2.25. The van der Waals surface area contributed by atoms with Gasteiger partial charge in [-0.1, -0.05) is 12.5 Å². The third kappa shape index (κ3) is 4.94. The van der Waals surface area contributed by atoms with E-state index in [9.17, 15) is 17.6 Å². The Hall–Kier alpha value is -2.45. The van der Waals surface area contributed by atoms with Crippen LogP contribution >= 0.6 is 0 Å². The molecule has 29 heavy (non-hydrogen) atoms. The van der Waals surface area contributed by atoms with Crippen LogP contribution in [-0.4, -0.2) is 38.3 Å². The van der Waals surface area contributed by atoms with Gasteiger partial charge >= 0.3 is 0 Å². The molecule has 1 heterocycles. The van der Waals surface area contributed by atoms with Crippen LogP contribution in [0.5, 0.6) is 5.75 Å². The molecule has 1 saturated heterocycles. The maximum atomic E-state index is 13.2. The van der Waals surface area contributed by atoms with Gasteiger partial charge in [-0.05, 0) is 61.7 Å². The van der Waals surface area contributed by atoms with E-state index in [4.69, 9.17) is 4.74 Å². The van der Waals surface area contributed by atoms with Crippen LogP contribution in [-0.2, 0) is 14.8 Å². The standard InChI is InChI=1S/C21H25FN2O4S/c1-15-6-11-20(28-2)19(13-15)23-21(25)14-17-5-3-4-12-24(17)29(26,27)18-9-7-16(22)8-10-18/h6-11,13,17H,3-5,12,14H2,1-2H3,(H,23,25)/t17-/m0/s1. The summed E-state index contributed by atoms with van der Waals surface area (Å²) >= 11 is 0. The van der Waals surface area contributed by atoms with Crippen LogP contribution in [0, 0.1) is 12.7 Å². The van der Waals surface area contributed by atoms with Crippen LogP contribution in [0.1, 0.15) is 31.2 Å². The largest absolute Gasteiger partial charge is 0.495 e. The van der Waals surface area contributed by atoms with Crippen molar-refractivity contribution in [2.24, 2.45) is 0 Å². The van der Waals surface area contributed by atoms with E-state index in [0.29, 0.717) is 24.4 Å². The fraction of sp³-hybridized carbons (Fsp3) is 0.381. The number of hydrogen-bond acceptors (Lipinski definition) is 4. The zero-order chi connectivity index (χ0) is 21.0. The van der Waals surface area contributed by atoms with Gasteiger partial charge < -0.3 is 10.1 Å². The van der Waals surface area contributed by atoms with E-state index in [2.05, 4.69) is 5.32 Å². The number of rotatable bonds is 6. The van der Waals surface area contributed by atoms with E-state index in [1.807, 2.05) is 19.1 Å². The quantitative estimate of drug-likeness (QED) is 0.773. The highest BCUT2D eigenvalue weighted by atomic mass is 32.2. The van der Waals surface area contributed by atoms with Crippen molar-refractivity contribution in [2.45, 2.75) is 43.5 Å². The molecule has 1 fully saturated rings. The van der Waals surface area contributed by atoms with Gasteiger partial charge in [-0.2, -0.15) is 4.31 Å². The van der Waals surface area contributed by atoms with Crippen molar-refractivity contribution in [3.8, 4) is 5.75 Å². The van der Waals surface area contributed by atoms with Crippen molar-refractivity contribution >= 4 is 21.6 Å². The first-order chi connectivity index (χ1) is 13.8. The first-order valence-electron chi connectivity index (χ1n) is 9.53. The van der Waals surface area contributed by atoms with E-state index >= 15 is 0 Å². The number of halogens is 1. The number of nitrogens with zero attached hydrogens (tertiary/aromatic N) is 1. The molecule has 156 valence electrons. The molecule has 0 bridgehead atoms. The molecule has 6 nitrogen and oxygen atoms in total. The molecule has 0 spiro atoms. The second-order valence-corrected chi connectivity index (χ2v) is 9.07. The average molecular weight is 421 g/mol. The molecule has 0 radical (unpaired) electrons. The zero-order valence-electron chi connectivity index (χ0n) is 16.5. The number of piperidine rings is 1. The predicted molar refractivity (Wildman–Crippen MR) is 109 cm³/mol. The molecule has 2 aromatic rings. The minimum absolute atomic E-state index is 0.0339. The van der Waals surface area contributed by atoms with Crippen LogP contribution < -0.4 is 10.1 Å². The Bertz CT molecular complexity index is 977. The molecule has 1 aliphatic heterocycles. The van der Waals surface area contributed by atoms with Gasteiger partial charge in [-0.25, -0.2) is 12.8 Å². The Morgan fingerprint density at radius 2 is 1.93 bits per heavy atom. The van der Waals surface area contributed by atoms with Crippen molar-refractivity contribution in [1.29, 1.82) is 0 Å². The van der Waals surface area contributed by atoms with Crippen molar-refractivity contribution in [2.75, 3.05) is 19.0 Å². The summed E-state index contributed by atoms with van der Waals surface area (Å²) in [6, 6.07) is 9.79. The summed E-state index contributed by atoms with van der Waals surface area (Å²) in [5.41, 5.74) is 1.53. The summed E-state index contributed by atoms with van der Waals surface area (Å²) in [6.07, 6.45) is 2.21. The van der Waals surface area contributed by atoms with Gasteiger partial charge in [-0.3, -0.25) is 4.79 Å². The molecule has 0 aromatic heterocycles. The average Bonchev–Trinajstić information content (AvgIpc) is 2.69. The van der Waals surface area contributed by atoms with E-state index < -0.39 is 21.9 Å². The summed E-state index contributed by atoms with van der Waals surface area (Å²) in [7, 11) is -2.28. The van der Waals surface area contributed by atoms with E-state index in [0.717, 1.165) is 30.5 Å². The summed E-state index contributed by atoms with van der Waals surface area (Å²) in [4.78, 5) is 12.7. The van der Waals surface area contributed by atoms with Crippen molar-refractivity contribution in [1.82, 2.24) is 4.31 Å². The third-order valence-electron chi connectivity index (χ3n) is 5.04. The summed E-state index contributed by atoms with van der Waals surface area (Å²) in [5, 5.41) is 2.83. The number of anilines is 1. The van der Waals surface area contributed by atoms with Gasteiger partial charge in [0.05, 0.1) is 17.7 Å². The Morgan fingerprint density at radius 1 is 1.21 bits per heavy atom. The normalized spacial score (nSPS) is 17.7. The van der Waals surface area contributed by atoms with Crippen LogP contribution in [0.25, 0.3) is 0 Å². The maximum absolute atomic E-state index is 13.2. The van der Waals surface area contributed by atoms with E-state index in [1.54, 1.807) is 6.07 Å². The number of carbonyl (C=O) groups excluding carboxylic acids is 1. The van der Waals surface area contributed by atoms with Crippen LogP contribution in [0.3, 0.4) is 0 Å². The Labute approximate surface area is 170 Å². The van der Waals surface area contributed by atoms with Crippen LogP contribution in [0.4, 0.5) is 10.1 Å². The molecule has 1 aliphatic rings. The second-order valence-electron chi connectivity index (χ2n) is 7.18. The topological polar surface area (TPSA) is 75.7 Å². The minimum Gasteiger partial charge on any atom is -0.495 e. The molecule has 1 amide bonds. The number of carbonyl (C=O) groups is 1. The lowest BCUT2D eigenvalue weighted by Crippen LogP contribution is -2.45. The first-order valence-corrected chi connectivity index (χ1v) is 11.0. The fourth-order valence-corrected chi connectivity index (χ4v) is 5.26. The lowest BCUT2D eigenvalue weighted by Gasteiger charge is -2.34. The SMILES string of the molecule is COc1ccc(C)cc1NC(=O)C[C@@H]1CCCCN1S(=O)(=O)c1ccc(F)cc1. The molecule has 0 unspecified atom stereocenters. The van der Waals surface area contributed by atoms with Crippen molar-refractivity contribution in [3.05, 3.63) is 53.8 Å². The Balaban J connectivity index is 1.77. The molecule has 1 N–H and O–H groups in total. The summed E-state index contributed by atoms with van der Waals surface area (Å²) in [5.74, 6) is -0.228. The van der Waals surface area contributed by atoms with Gasteiger partial charge in [0, 0.05) is 19.0 Å². The minimum atomic E-state index is -3.80. The van der Waals surface area contributed by atoms with Crippen LogP contribution in [0.15, 0.2) is 47.4 Å². The molecular weight excluding hydrogens is 395 g/mol. The van der Waals surface area contributed by atoms with Crippen molar-refractivity contribution < 1.29 is 22.3 Å². The number of nitrogens with one attached hydrogen (secondary N) is 1. The number of sulfonamides is 1. The molecular formula is C21H25FN2O4S. The molecule has 0 aliphatic carbocycles. The zero-order valence-corrected chi connectivity index (χ0v) is 17.3. The van der Waals surface area contributed by atoms with Gasteiger partial charge in [-0.15, -0.1) is 0 Å². The second kappa shape index (κ2) is 8.92. The molecule has 8 heteroatoms. The Morgan fingerprint density at radius 3 is 2.62 bits per heavy atom. The van der Waals surface area contributed by atoms with Crippen LogP contribution in [0.2, 0.25) is 0 Å². The number of aryl methyl sites for hydroxylation is 1. The number of methoxy groups -OCH3 is 1. The number of ether oxygens (including phenoxy) is 1.